The van der Waals surface area contributed by atoms with Crippen molar-refractivity contribution in [2.75, 3.05) is 43.4 Å². The number of nitrogens with zero attached hydrogens (tertiary/aromatic N) is 2. The highest BCUT2D eigenvalue weighted by Crippen LogP contribution is 2.27. The van der Waals surface area contributed by atoms with E-state index < -0.39 is 11.6 Å². The van der Waals surface area contributed by atoms with Gasteiger partial charge in [0.25, 0.3) is 5.91 Å². The number of nitrogens with one attached hydrogen (secondary N) is 1. The summed E-state index contributed by atoms with van der Waals surface area (Å²) in [6.45, 7) is 8.99. The molecule has 0 unspecified atom stereocenters. The third kappa shape index (κ3) is 4.72. The number of hydrogen-bond donors (Lipinski definition) is 2. The molecular weight excluding hydrogens is 344 g/mol. The van der Waals surface area contributed by atoms with Crippen LogP contribution in [0.2, 0.25) is 0 Å². The number of esters is 1. The molecule has 1 saturated heterocycles. The van der Waals surface area contributed by atoms with E-state index in [-0.39, 0.29) is 12.5 Å². The molecule has 1 fully saturated rings. The van der Waals surface area contributed by atoms with Crippen molar-refractivity contribution in [3.63, 3.8) is 0 Å². The molecule has 0 saturated carbocycles. The molecule has 2 aliphatic rings. The topological polar surface area (TPSA) is 87.9 Å². The number of nitrogens with two attached hydrogens (primary N) is 1. The Morgan fingerprint density at radius 1 is 1.19 bits per heavy atom. The summed E-state index contributed by atoms with van der Waals surface area (Å²) >= 11 is 0. The average molecular weight is 372 g/mol. The van der Waals surface area contributed by atoms with Crippen molar-refractivity contribution in [1.82, 2.24) is 10.2 Å². The van der Waals surface area contributed by atoms with Gasteiger partial charge in [-0.2, -0.15) is 0 Å². The fourth-order valence-electron chi connectivity index (χ4n) is 3.38. The molecule has 146 valence electrons. The zero-order valence-electron chi connectivity index (χ0n) is 16.2. The molecular formula is C20H28N4O3. The molecule has 1 amide bonds. The highest BCUT2D eigenvalue weighted by Gasteiger charge is 2.24. The minimum Gasteiger partial charge on any atom is -0.459 e. The van der Waals surface area contributed by atoms with E-state index in [2.05, 4.69) is 21.2 Å². The molecule has 27 heavy (non-hydrogen) atoms. The number of amides is 1. The van der Waals surface area contributed by atoms with Crippen molar-refractivity contribution in [3.8, 4) is 0 Å². The molecule has 0 spiro atoms. The molecule has 0 aliphatic carbocycles. The Bertz CT molecular complexity index is 767. The van der Waals surface area contributed by atoms with Gasteiger partial charge in [0, 0.05) is 36.7 Å². The van der Waals surface area contributed by atoms with Crippen LogP contribution in [0.4, 0.5) is 11.4 Å². The second-order valence-corrected chi connectivity index (χ2v) is 7.93. The number of carbonyl (C=O) groups excluding carboxylic acids is 2. The van der Waals surface area contributed by atoms with Gasteiger partial charge in [-0.25, -0.2) is 0 Å². The number of piperazine rings is 1. The number of fused-ring (bicyclic) bond motifs is 1. The highest BCUT2D eigenvalue weighted by molar-refractivity contribution is 6.01. The first-order valence-electron chi connectivity index (χ1n) is 9.31. The van der Waals surface area contributed by atoms with Crippen LogP contribution < -0.4 is 16.0 Å². The van der Waals surface area contributed by atoms with Gasteiger partial charge in [0.05, 0.1) is 12.1 Å². The van der Waals surface area contributed by atoms with Gasteiger partial charge in [-0.3, -0.25) is 9.59 Å². The Kier molecular flexibility index (Phi) is 5.30. The monoisotopic (exact) mass is 372 g/mol. The van der Waals surface area contributed by atoms with Gasteiger partial charge in [0.2, 0.25) is 0 Å². The standard InChI is InChI=1S/C20H28N4O3/c1-20(2,3)27-18(25)12-22-19(26)16-11-14(6-7-17(16)21)24-10-9-23-8-4-5-15(23)13-24/h5-7,11H,4,8-10,12-13,21H2,1-3H3,(H,22,26). The molecule has 0 bridgehead atoms. The van der Waals surface area contributed by atoms with Crippen molar-refractivity contribution in [2.24, 2.45) is 0 Å². The highest BCUT2D eigenvalue weighted by atomic mass is 16.6. The van der Waals surface area contributed by atoms with Gasteiger partial charge in [-0.05, 0) is 45.4 Å². The van der Waals surface area contributed by atoms with E-state index in [4.69, 9.17) is 10.5 Å². The predicted molar refractivity (Wildman–Crippen MR) is 106 cm³/mol. The maximum atomic E-state index is 12.5. The summed E-state index contributed by atoms with van der Waals surface area (Å²) < 4.78 is 5.21. The molecule has 3 rings (SSSR count). The van der Waals surface area contributed by atoms with Crippen LogP contribution in [0.25, 0.3) is 0 Å². The van der Waals surface area contributed by atoms with Crippen molar-refractivity contribution in [2.45, 2.75) is 32.8 Å². The van der Waals surface area contributed by atoms with Gasteiger partial charge in [-0.15, -0.1) is 0 Å². The van der Waals surface area contributed by atoms with Crippen LogP contribution in [-0.4, -0.2) is 55.1 Å². The lowest BCUT2D eigenvalue weighted by Gasteiger charge is -2.37. The Morgan fingerprint density at radius 3 is 2.67 bits per heavy atom. The van der Waals surface area contributed by atoms with Gasteiger partial charge in [0.1, 0.15) is 12.1 Å². The second kappa shape index (κ2) is 7.50. The van der Waals surface area contributed by atoms with Crippen molar-refractivity contribution in [3.05, 3.63) is 35.5 Å². The fourth-order valence-corrected chi connectivity index (χ4v) is 3.38. The first kappa shape index (κ1) is 19.1. The van der Waals surface area contributed by atoms with E-state index in [1.54, 1.807) is 32.9 Å². The normalized spacial score (nSPS) is 16.6. The van der Waals surface area contributed by atoms with E-state index in [0.29, 0.717) is 11.3 Å². The van der Waals surface area contributed by atoms with Crippen LogP contribution in [-0.2, 0) is 9.53 Å². The smallest absolute Gasteiger partial charge is 0.325 e. The molecule has 7 nitrogen and oxygen atoms in total. The summed E-state index contributed by atoms with van der Waals surface area (Å²) in [6.07, 6.45) is 3.38. The minimum atomic E-state index is -0.585. The maximum Gasteiger partial charge on any atom is 0.325 e. The number of hydrogen-bond acceptors (Lipinski definition) is 6. The number of benzene rings is 1. The van der Waals surface area contributed by atoms with Crippen LogP contribution in [0.15, 0.2) is 30.0 Å². The number of anilines is 2. The van der Waals surface area contributed by atoms with Crippen LogP contribution in [0, 0.1) is 0 Å². The van der Waals surface area contributed by atoms with Crippen LogP contribution >= 0.6 is 0 Å². The minimum absolute atomic E-state index is 0.189. The summed E-state index contributed by atoms with van der Waals surface area (Å²) in [6, 6.07) is 5.48. The molecule has 1 aromatic carbocycles. The SMILES string of the molecule is CC(C)(C)OC(=O)CNC(=O)c1cc(N2CCN3CCC=C3C2)ccc1N. The molecule has 2 aliphatic heterocycles. The zero-order valence-corrected chi connectivity index (χ0v) is 16.2. The fraction of sp³-hybridized carbons (Fsp3) is 0.500. The summed E-state index contributed by atoms with van der Waals surface area (Å²) in [5, 5.41) is 2.60. The summed E-state index contributed by atoms with van der Waals surface area (Å²) in [5.41, 5.74) is 8.47. The first-order chi connectivity index (χ1) is 12.7. The molecule has 2 heterocycles. The molecule has 1 aromatic rings. The molecule has 0 radical (unpaired) electrons. The van der Waals surface area contributed by atoms with E-state index in [9.17, 15) is 9.59 Å². The van der Waals surface area contributed by atoms with E-state index in [1.165, 1.54) is 5.70 Å². The molecule has 0 aromatic heterocycles. The van der Waals surface area contributed by atoms with E-state index >= 15 is 0 Å². The number of ether oxygens (including phenoxy) is 1. The third-order valence-corrected chi connectivity index (χ3v) is 4.64. The van der Waals surface area contributed by atoms with Gasteiger partial charge in [0.15, 0.2) is 0 Å². The van der Waals surface area contributed by atoms with Crippen LogP contribution in [0.5, 0.6) is 0 Å². The lowest BCUT2D eigenvalue weighted by Crippen LogP contribution is -2.43. The van der Waals surface area contributed by atoms with Crippen molar-refractivity contribution >= 4 is 23.3 Å². The maximum absolute atomic E-state index is 12.5. The summed E-state index contributed by atoms with van der Waals surface area (Å²) in [4.78, 5) is 29.0. The average Bonchev–Trinajstić information content (AvgIpc) is 3.06. The molecule has 0 atom stereocenters. The van der Waals surface area contributed by atoms with Crippen molar-refractivity contribution < 1.29 is 14.3 Å². The molecule has 3 N–H and O–H groups in total. The van der Waals surface area contributed by atoms with Crippen molar-refractivity contribution in [1.29, 1.82) is 0 Å². The van der Waals surface area contributed by atoms with Crippen LogP contribution in [0.3, 0.4) is 0 Å². The number of rotatable bonds is 4. The number of nitrogen functional groups attached to an aromatic ring is 1. The Labute approximate surface area is 160 Å². The first-order valence-corrected chi connectivity index (χ1v) is 9.31. The van der Waals surface area contributed by atoms with E-state index in [0.717, 1.165) is 38.3 Å². The summed E-state index contributed by atoms with van der Waals surface area (Å²) in [7, 11) is 0. The van der Waals surface area contributed by atoms with Gasteiger partial charge >= 0.3 is 5.97 Å². The zero-order chi connectivity index (χ0) is 19.6. The van der Waals surface area contributed by atoms with Crippen LogP contribution in [0.1, 0.15) is 37.6 Å². The third-order valence-electron chi connectivity index (χ3n) is 4.64. The Morgan fingerprint density at radius 2 is 1.93 bits per heavy atom. The second-order valence-electron chi connectivity index (χ2n) is 7.93. The summed E-state index contributed by atoms with van der Waals surface area (Å²) in [5.74, 6) is -0.853. The lowest BCUT2D eigenvalue weighted by molar-refractivity contribution is -0.153. The number of carbonyl (C=O) groups is 2. The van der Waals surface area contributed by atoms with Gasteiger partial charge < -0.3 is 25.6 Å². The lowest BCUT2D eigenvalue weighted by atomic mass is 10.1. The van der Waals surface area contributed by atoms with Gasteiger partial charge in [-0.1, -0.05) is 6.08 Å². The quantitative estimate of drug-likeness (QED) is 0.618. The molecule has 7 heteroatoms. The largest absolute Gasteiger partial charge is 0.459 e. The Balaban J connectivity index is 1.66. The predicted octanol–water partition coefficient (Wildman–Crippen LogP) is 1.75. The van der Waals surface area contributed by atoms with E-state index in [1.807, 2.05) is 6.07 Å². The Hall–Kier alpha value is -2.70.